The highest BCUT2D eigenvalue weighted by molar-refractivity contribution is 7.99. The number of nitrogens with zero attached hydrogens (tertiary/aromatic N) is 4. The molecule has 0 unspecified atom stereocenters. The van der Waals surface area contributed by atoms with Crippen LogP contribution < -0.4 is 11.5 Å². The molecule has 0 aliphatic carbocycles. The van der Waals surface area contributed by atoms with Crippen molar-refractivity contribution in [3.63, 3.8) is 0 Å². The number of nitrogen functional groups attached to an aromatic ring is 2. The predicted octanol–water partition coefficient (Wildman–Crippen LogP) is 1.38. The lowest BCUT2D eigenvalue weighted by molar-refractivity contribution is 0.177. The van der Waals surface area contributed by atoms with Gasteiger partial charge in [0.2, 0.25) is 0 Å². The van der Waals surface area contributed by atoms with Crippen LogP contribution >= 0.6 is 23.4 Å². The van der Waals surface area contributed by atoms with Crippen molar-refractivity contribution in [1.82, 2.24) is 19.9 Å². The van der Waals surface area contributed by atoms with Crippen LogP contribution in [0.1, 0.15) is 5.82 Å². The van der Waals surface area contributed by atoms with Gasteiger partial charge in [-0.1, -0.05) is 11.6 Å². The third kappa shape index (κ3) is 3.91. The molecule has 0 aliphatic rings. The molecule has 9 heteroatoms. The van der Waals surface area contributed by atoms with Crippen LogP contribution in [0.5, 0.6) is 0 Å². The summed E-state index contributed by atoms with van der Waals surface area (Å²) in [5.74, 6) is 1.08. The van der Waals surface area contributed by atoms with Crippen LogP contribution in [0.15, 0.2) is 22.3 Å². The second-order valence-corrected chi connectivity index (χ2v) is 4.86. The third-order valence-electron chi connectivity index (χ3n) is 1.93. The van der Waals surface area contributed by atoms with Crippen LogP contribution in [0.2, 0.25) is 5.15 Å². The van der Waals surface area contributed by atoms with Crippen molar-refractivity contribution in [3.05, 3.63) is 23.1 Å². The van der Waals surface area contributed by atoms with E-state index in [0.29, 0.717) is 32.8 Å². The highest BCUT2D eigenvalue weighted by Gasteiger charge is 2.08. The average Bonchev–Trinajstić information content (AvgIpc) is 2.26. The van der Waals surface area contributed by atoms with Gasteiger partial charge in [-0.25, -0.2) is 19.9 Å². The highest BCUT2D eigenvalue weighted by atomic mass is 35.5. The summed E-state index contributed by atoms with van der Waals surface area (Å²) in [4.78, 5) is 16.4. The second kappa shape index (κ2) is 6.00. The van der Waals surface area contributed by atoms with Crippen molar-refractivity contribution in [2.24, 2.45) is 0 Å². The molecule has 0 aliphatic heterocycles. The molecule has 0 aromatic carbocycles. The number of nitrogens with two attached hydrogens (primary N) is 2. The topological polar surface area (TPSA) is 113 Å². The maximum atomic E-state index is 5.90. The molecule has 19 heavy (non-hydrogen) atoms. The molecule has 0 radical (unpaired) electrons. The van der Waals surface area contributed by atoms with E-state index in [1.807, 2.05) is 0 Å². The van der Waals surface area contributed by atoms with Gasteiger partial charge in [-0.2, -0.15) is 0 Å². The van der Waals surface area contributed by atoms with Gasteiger partial charge in [-0.15, -0.1) is 0 Å². The van der Waals surface area contributed by atoms with Gasteiger partial charge in [0.25, 0.3) is 0 Å². The van der Waals surface area contributed by atoms with Gasteiger partial charge < -0.3 is 16.2 Å². The molecule has 2 aromatic rings. The fraction of sp³-hybridized carbons (Fsp3) is 0.200. The fourth-order valence-corrected chi connectivity index (χ4v) is 2.37. The molecule has 2 heterocycles. The Balaban J connectivity index is 2.27. The number of rotatable bonds is 4. The summed E-state index contributed by atoms with van der Waals surface area (Å²) in [5.41, 5.74) is 11.2. The van der Waals surface area contributed by atoms with E-state index < -0.39 is 0 Å². The molecule has 0 fully saturated rings. The first-order valence-corrected chi connectivity index (χ1v) is 6.36. The maximum absolute atomic E-state index is 5.90. The number of halogens is 1. The molecule has 100 valence electrons. The fourth-order valence-electron chi connectivity index (χ4n) is 1.29. The Hall–Kier alpha value is -1.64. The summed E-state index contributed by atoms with van der Waals surface area (Å²) in [5, 5.41) is 1.31. The van der Waals surface area contributed by atoms with Crippen LogP contribution in [0.3, 0.4) is 0 Å². The van der Waals surface area contributed by atoms with E-state index in [2.05, 4.69) is 19.9 Å². The minimum Gasteiger partial charge on any atom is -0.383 e. The van der Waals surface area contributed by atoms with E-state index in [1.165, 1.54) is 17.8 Å². The Bertz CT molecular complexity index is 576. The molecule has 2 aromatic heterocycles. The van der Waals surface area contributed by atoms with Gasteiger partial charge in [-0.05, 0) is 11.8 Å². The van der Waals surface area contributed by atoms with E-state index in [9.17, 15) is 0 Å². The lowest BCUT2D eigenvalue weighted by atomic mass is 10.5. The van der Waals surface area contributed by atoms with Gasteiger partial charge in [0.05, 0.1) is 0 Å². The van der Waals surface area contributed by atoms with Crippen molar-refractivity contribution in [3.8, 4) is 0 Å². The highest BCUT2D eigenvalue weighted by Crippen LogP contribution is 2.26. The number of anilines is 2. The lowest BCUT2D eigenvalue weighted by Crippen LogP contribution is -2.01. The third-order valence-corrected chi connectivity index (χ3v) is 2.91. The minimum absolute atomic E-state index is 0.272. The number of ether oxygens (including phenoxy) is 1. The van der Waals surface area contributed by atoms with Gasteiger partial charge in [0, 0.05) is 19.2 Å². The van der Waals surface area contributed by atoms with Gasteiger partial charge >= 0.3 is 0 Å². The molecule has 7 nitrogen and oxygen atoms in total. The zero-order valence-electron chi connectivity index (χ0n) is 10.00. The normalized spacial score (nSPS) is 10.6. The summed E-state index contributed by atoms with van der Waals surface area (Å²) in [6.45, 7) is 0.272. The van der Waals surface area contributed by atoms with Gasteiger partial charge in [0.1, 0.15) is 28.4 Å². The molecular weight excluding hydrogens is 288 g/mol. The minimum atomic E-state index is 0.272. The smallest absolute Gasteiger partial charge is 0.197 e. The van der Waals surface area contributed by atoms with Crippen molar-refractivity contribution >= 4 is 35.0 Å². The average molecular weight is 299 g/mol. The quantitative estimate of drug-likeness (QED) is 0.643. The van der Waals surface area contributed by atoms with Gasteiger partial charge in [0.15, 0.2) is 11.0 Å². The molecular formula is C10H11ClN6OS. The Labute approximate surface area is 118 Å². The molecule has 0 atom stereocenters. The molecule has 0 amide bonds. The molecule has 0 bridgehead atoms. The van der Waals surface area contributed by atoms with E-state index in [1.54, 1.807) is 13.2 Å². The summed E-state index contributed by atoms with van der Waals surface area (Å²) in [6, 6.07) is 3.08. The second-order valence-electron chi connectivity index (χ2n) is 3.48. The first-order valence-electron chi connectivity index (χ1n) is 5.17. The van der Waals surface area contributed by atoms with Crippen molar-refractivity contribution < 1.29 is 4.74 Å². The van der Waals surface area contributed by atoms with Crippen LogP contribution in [0.25, 0.3) is 0 Å². The number of hydrogen-bond acceptors (Lipinski definition) is 8. The monoisotopic (exact) mass is 298 g/mol. The maximum Gasteiger partial charge on any atom is 0.197 e. The Kier molecular flexibility index (Phi) is 4.35. The molecule has 0 spiro atoms. The van der Waals surface area contributed by atoms with E-state index in [0.717, 1.165) is 0 Å². The summed E-state index contributed by atoms with van der Waals surface area (Å²) in [7, 11) is 1.55. The predicted molar refractivity (Wildman–Crippen MR) is 72.7 cm³/mol. The van der Waals surface area contributed by atoms with Crippen molar-refractivity contribution in [1.29, 1.82) is 0 Å². The Morgan fingerprint density at radius 2 is 1.84 bits per heavy atom. The molecule has 4 N–H and O–H groups in total. The number of aromatic nitrogens is 4. The number of hydrogen-bond donors (Lipinski definition) is 2. The largest absolute Gasteiger partial charge is 0.383 e. The summed E-state index contributed by atoms with van der Waals surface area (Å²) in [6.07, 6.45) is 0. The Morgan fingerprint density at radius 1 is 1.16 bits per heavy atom. The van der Waals surface area contributed by atoms with Crippen LogP contribution in [0.4, 0.5) is 11.6 Å². The van der Waals surface area contributed by atoms with Crippen LogP contribution in [0, 0.1) is 0 Å². The molecule has 0 saturated carbocycles. The molecule has 2 rings (SSSR count). The van der Waals surface area contributed by atoms with Crippen LogP contribution in [-0.4, -0.2) is 27.0 Å². The van der Waals surface area contributed by atoms with Crippen molar-refractivity contribution in [2.45, 2.75) is 16.8 Å². The van der Waals surface area contributed by atoms with Crippen molar-refractivity contribution in [2.75, 3.05) is 18.6 Å². The van der Waals surface area contributed by atoms with E-state index in [-0.39, 0.29) is 6.61 Å². The summed E-state index contributed by atoms with van der Waals surface area (Å²) >= 11 is 7.10. The Morgan fingerprint density at radius 3 is 2.47 bits per heavy atom. The lowest BCUT2D eigenvalue weighted by Gasteiger charge is -2.04. The SMILES string of the molecule is COCc1nc(Cl)cc(Sc2nc(N)cc(N)n2)n1. The van der Waals surface area contributed by atoms with E-state index in [4.69, 9.17) is 27.8 Å². The standard InChI is InChI=1S/C10H11ClN6OS/c1-18-4-8-14-5(11)2-9(17-8)19-10-15-6(12)3-7(13)16-10/h2-3H,4H2,1H3,(H4,12,13,15,16). The van der Waals surface area contributed by atoms with Crippen LogP contribution in [-0.2, 0) is 11.3 Å². The number of methoxy groups -OCH3 is 1. The molecule has 0 saturated heterocycles. The zero-order chi connectivity index (χ0) is 13.8. The zero-order valence-corrected chi connectivity index (χ0v) is 11.6. The summed E-state index contributed by atoms with van der Waals surface area (Å²) < 4.78 is 4.96. The van der Waals surface area contributed by atoms with E-state index >= 15 is 0 Å². The van der Waals surface area contributed by atoms with Gasteiger partial charge in [-0.3, -0.25) is 0 Å². The first-order chi connectivity index (χ1) is 9.06. The first kappa shape index (κ1) is 13.8.